The van der Waals surface area contributed by atoms with Gasteiger partial charge in [-0.25, -0.2) is 0 Å². The molecule has 5 N–H and O–H groups in total. The van der Waals surface area contributed by atoms with Crippen LogP contribution in [0.2, 0.25) is 0 Å². The smallest absolute Gasteiger partial charge is 0.0862 e. The highest BCUT2D eigenvalue weighted by Gasteiger charge is 2.12. The molecule has 0 bridgehead atoms. The average Bonchev–Trinajstić information content (AvgIpc) is 2.70. The summed E-state index contributed by atoms with van der Waals surface area (Å²) in [6, 6.07) is 13.9. The molecule has 1 saturated heterocycles. The number of anilines is 1. The highest BCUT2D eigenvalue weighted by Crippen LogP contribution is 2.19. The van der Waals surface area contributed by atoms with Gasteiger partial charge in [-0.1, -0.05) is 36.4 Å². The van der Waals surface area contributed by atoms with Gasteiger partial charge in [0, 0.05) is 30.9 Å². The van der Waals surface area contributed by atoms with Crippen molar-refractivity contribution in [3.63, 3.8) is 0 Å². The lowest BCUT2D eigenvalue weighted by molar-refractivity contribution is 0.0342. The van der Waals surface area contributed by atoms with E-state index in [1.807, 2.05) is 42.5 Å². The van der Waals surface area contributed by atoms with E-state index >= 15 is 0 Å². The van der Waals surface area contributed by atoms with Crippen molar-refractivity contribution in [1.82, 2.24) is 4.90 Å². The monoisotopic (exact) mass is 376 g/mol. The Morgan fingerprint density at radius 3 is 2.68 bits per heavy atom. The normalized spacial score (nSPS) is 15.4. The Bertz CT molecular complexity index is 882. The van der Waals surface area contributed by atoms with E-state index in [4.69, 9.17) is 21.6 Å². The predicted octanol–water partition coefficient (Wildman–Crippen LogP) is 3.20. The lowest BCUT2D eigenvalue weighted by Crippen LogP contribution is -2.35. The van der Waals surface area contributed by atoms with Crippen LogP contribution in [0, 0.1) is 5.41 Å². The summed E-state index contributed by atoms with van der Waals surface area (Å²) in [5.74, 6) is 0. The molecule has 28 heavy (non-hydrogen) atoms. The van der Waals surface area contributed by atoms with Gasteiger partial charge in [-0.2, -0.15) is 0 Å². The van der Waals surface area contributed by atoms with Crippen LogP contribution >= 0.6 is 0 Å². The van der Waals surface area contributed by atoms with Gasteiger partial charge in [0.1, 0.15) is 0 Å². The number of nitrogens with one attached hydrogen (secondary N) is 1. The van der Waals surface area contributed by atoms with Crippen LogP contribution in [0.3, 0.4) is 0 Å². The molecule has 3 rings (SSSR count). The predicted molar refractivity (Wildman–Crippen MR) is 116 cm³/mol. The van der Waals surface area contributed by atoms with Crippen molar-refractivity contribution in [2.45, 2.75) is 13.0 Å². The zero-order chi connectivity index (χ0) is 19.9. The number of nitrogen functional groups attached to an aromatic ring is 1. The minimum Gasteiger partial charge on any atom is -0.398 e. The second-order valence-electron chi connectivity index (χ2n) is 7.02. The van der Waals surface area contributed by atoms with E-state index in [-0.39, 0.29) is 5.71 Å². The van der Waals surface area contributed by atoms with E-state index in [0.717, 1.165) is 50.4 Å². The van der Waals surface area contributed by atoms with Crippen LogP contribution in [0.25, 0.3) is 6.08 Å². The van der Waals surface area contributed by atoms with E-state index < -0.39 is 0 Å². The van der Waals surface area contributed by atoms with Gasteiger partial charge in [-0.3, -0.25) is 10.3 Å². The Morgan fingerprint density at radius 2 is 1.93 bits per heavy atom. The first kappa shape index (κ1) is 19.9. The van der Waals surface area contributed by atoms with Crippen molar-refractivity contribution >= 4 is 17.5 Å². The fourth-order valence-electron chi connectivity index (χ4n) is 3.32. The van der Waals surface area contributed by atoms with Crippen LogP contribution in [0.1, 0.15) is 22.3 Å². The maximum atomic E-state index is 8.49. The molecule has 1 aliphatic rings. The van der Waals surface area contributed by atoms with Crippen LogP contribution in [-0.4, -0.2) is 36.9 Å². The highest BCUT2D eigenvalue weighted by molar-refractivity contribution is 6.15. The van der Waals surface area contributed by atoms with E-state index in [9.17, 15) is 0 Å². The molecule has 0 unspecified atom stereocenters. The first-order valence-corrected chi connectivity index (χ1v) is 9.51. The second-order valence-corrected chi connectivity index (χ2v) is 7.02. The van der Waals surface area contributed by atoms with Crippen LogP contribution < -0.4 is 11.5 Å². The third-order valence-corrected chi connectivity index (χ3v) is 4.84. The highest BCUT2D eigenvalue weighted by atomic mass is 16.5. The Morgan fingerprint density at radius 1 is 1.14 bits per heavy atom. The van der Waals surface area contributed by atoms with Gasteiger partial charge in [-0.05, 0) is 41.3 Å². The minimum atomic E-state index is 0.238. The fraction of sp³-hybridized carbons (Fsp3) is 0.261. The van der Waals surface area contributed by atoms with Gasteiger partial charge in [0.05, 0.1) is 24.6 Å². The maximum Gasteiger partial charge on any atom is 0.0862 e. The molecule has 5 nitrogen and oxygen atoms in total. The molecule has 0 aliphatic carbocycles. The zero-order valence-electron chi connectivity index (χ0n) is 16.2. The molecule has 2 aromatic carbocycles. The van der Waals surface area contributed by atoms with E-state index in [2.05, 4.69) is 23.6 Å². The maximum absolute atomic E-state index is 8.49. The Labute approximate surface area is 166 Å². The van der Waals surface area contributed by atoms with Crippen LogP contribution in [0.15, 0.2) is 60.8 Å². The van der Waals surface area contributed by atoms with Gasteiger partial charge in [0.2, 0.25) is 0 Å². The number of allylic oxidation sites excluding steroid dienone is 2. The van der Waals surface area contributed by atoms with Crippen molar-refractivity contribution in [1.29, 1.82) is 5.41 Å². The third kappa shape index (κ3) is 5.09. The summed E-state index contributed by atoms with van der Waals surface area (Å²) < 4.78 is 5.41. The standard InChI is InChI=1S/C23H28N4O/c1-2-4-17-7-8-21(24)20(14-17)23(26)22(25)15-18-5-3-6-19(13-18)16-27-9-11-28-12-10-27/h2-3,5-8,13-15,26H,1,4,9-12,16,24-25H2/b22-15-,26-23?. The molecule has 0 aromatic heterocycles. The number of ether oxygens (including phenoxy) is 1. The average molecular weight is 377 g/mol. The Balaban J connectivity index is 1.77. The fourth-order valence-corrected chi connectivity index (χ4v) is 3.32. The Hall–Kier alpha value is -2.89. The first-order valence-electron chi connectivity index (χ1n) is 9.51. The van der Waals surface area contributed by atoms with Crippen LogP contribution in [0.5, 0.6) is 0 Å². The number of morpholine rings is 1. The molecule has 5 heteroatoms. The molecular weight excluding hydrogens is 348 g/mol. The summed E-state index contributed by atoms with van der Waals surface area (Å²) in [4.78, 5) is 2.38. The number of hydrogen-bond acceptors (Lipinski definition) is 5. The molecule has 0 spiro atoms. The third-order valence-electron chi connectivity index (χ3n) is 4.84. The summed E-state index contributed by atoms with van der Waals surface area (Å²) in [7, 11) is 0. The summed E-state index contributed by atoms with van der Waals surface area (Å²) >= 11 is 0. The first-order chi connectivity index (χ1) is 13.6. The summed E-state index contributed by atoms with van der Waals surface area (Å²) in [5, 5.41) is 8.49. The summed E-state index contributed by atoms with van der Waals surface area (Å²) in [5.41, 5.74) is 17.4. The topological polar surface area (TPSA) is 88.4 Å². The van der Waals surface area contributed by atoms with Crippen molar-refractivity contribution in [3.05, 3.63) is 83.1 Å². The van der Waals surface area contributed by atoms with E-state index in [1.165, 1.54) is 5.56 Å². The van der Waals surface area contributed by atoms with Crippen LogP contribution in [-0.2, 0) is 17.7 Å². The van der Waals surface area contributed by atoms with E-state index in [0.29, 0.717) is 16.9 Å². The number of rotatable bonds is 7. The molecule has 1 heterocycles. The largest absolute Gasteiger partial charge is 0.398 e. The van der Waals surface area contributed by atoms with Crippen molar-refractivity contribution in [2.24, 2.45) is 5.73 Å². The molecule has 146 valence electrons. The zero-order valence-corrected chi connectivity index (χ0v) is 16.2. The van der Waals surface area contributed by atoms with E-state index in [1.54, 1.807) is 0 Å². The number of nitrogens with zero attached hydrogens (tertiary/aromatic N) is 1. The van der Waals surface area contributed by atoms with Gasteiger partial charge in [0.25, 0.3) is 0 Å². The van der Waals surface area contributed by atoms with Gasteiger partial charge in [-0.15, -0.1) is 6.58 Å². The van der Waals surface area contributed by atoms with Gasteiger partial charge < -0.3 is 16.2 Å². The van der Waals surface area contributed by atoms with Crippen molar-refractivity contribution < 1.29 is 4.74 Å². The van der Waals surface area contributed by atoms with Gasteiger partial charge in [0.15, 0.2) is 0 Å². The summed E-state index contributed by atoms with van der Waals surface area (Å²) in [6.45, 7) is 8.13. The Kier molecular flexibility index (Phi) is 6.63. The number of nitrogens with two attached hydrogens (primary N) is 2. The number of hydrogen-bond donors (Lipinski definition) is 3. The van der Waals surface area contributed by atoms with Crippen molar-refractivity contribution in [2.75, 3.05) is 32.0 Å². The lowest BCUT2D eigenvalue weighted by atomic mass is 9.99. The molecule has 1 fully saturated rings. The molecule has 0 radical (unpaired) electrons. The van der Waals surface area contributed by atoms with Gasteiger partial charge >= 0.3 is 0 Å². The molecule has 0 atom stereocenters. The quantitative estimate of drug-likeness (QED) is 0.393. The number of benzene rings is 2. The minimum absolute atomic E-state index is 0.238. The van der Waals surface area contributed by atoms with Crippen LogP contribution in [0.4, 0.5) is 5.69 Å². The second kappa shape index (κ2) is 9.35. The SMILES string of the molecule is C=CCc1ccc(N)c(C(=N)/C(N)=C/c2cccc(CN3CCOCC3)c2)c1. The molecule has 0 amide bonds. The van der Waals surface area contributed by atoms with Crippen molar-refractivity contribution in [3.8, 4) is 0 Å². The lowest BCUT2D eigenvalue weighted by Gasteiger charge is -2.26. The molecule has 0 saturated carbocycles. The molecule has 2 aromatic rings. The summed E-state index contributed by atoms with van der Waals surface area (Å²) in [6.07, 6.45) is 4.40. The molecule has 1 aliphatic heterocycles. The molecular formula is C23H28N4O.